The number of hydrogen-bond donors (Lipinski definition) is 2. The molecule has 1 aromatic heterocycles. The van der Waals surface area contributed by atoms with Crippen molar-refractivity contribution < 1.29 is 14.3 Å². The number of aliphatic carboxylic acids is 1. The number of hydrogen-bond acceptors (Lipinski definition) is 5. The van der Waals surface area contributed by atoms with E-state index in [1.54, 1.807) is 24.5 Å². The summed E-state index contributed by atoms with van der Waals surface area (Å²) in [5.41, 5.74) is 1.75. The Morgan fingerprint density at radius 1 is 1.41 bits per heavy atom. The lowest BCUT2D eigenvalue weighted by Gasteiger charge is -2.17. The number of halogens is 1. The number of likely N-dealkylation sites (tertiary alicyclic amines) is 1. The van der Waals surface area contributed by atoms with Gasteiger partial charge >= 0.3 is 5.97 Å². The third kappa shape index (κ3) is 5.59. The van der Waals surface area contributed by atoms with Crippen LogP contribution in [-0.2, 0) is 11.2 Å². The van der Waals surface area contributed by atoms with E-state index in [9.17, 15) is 9.18 Å². The molecule has 0 unspecified atom stereocenters. The van der Waals surface area contributed by atoms with Crippen molar-refractivity contribution in [1.82, 2.24) is 14.9 Å². The molecule has 6 nitrogen and oxygen atoms in total. The zero-order valence-electron chi connectivity index (χ0n) is 15.2. The molecule has 3 rings (SSSR count). The minimum Gasteiger partial charge on any atom is -0.478 e. The molecule has 2 aromatic rings. The highest BCUT2D eigenvalue weighted by Crippen LogP contribution is 2.15. The predicted octanol–water partition coefficient (Wildman–Crippen LogP) is 2.83. The van der Waals surface area contributed by atoms with E-state index in [1.807, 2.05) is 6.07 Å². The molecule has 1 aliphatic rings. The molecule has 0 saturated carbocycles. The Hall–Kier alpha value is -2.80. The molecule has 142 valence electrons. The molecule has 0 amide bonds. The number of carboxylic acid groups (broad SMARTS) is 1. The highest BCUT2D eigenvalue weighted by Gasteiger charge is 2.22. The third-order valence-corrected chi connectivity index (χ3v) is 4.60. The van der Waals surface area contributed by atoms with E-state index in [0.29, 0.717) is 11.5 Å². The molecule has 1 aliphatic heterocycles. The Morgan fingerprint density at radius 3 is 2.96 bits per heavy atom. The van der Waals surface area contributed by atoms with Crippen LogP contribution >= 0.6 is 0 Å². The Balaban J connectivity index is 1.48. The predicted molar refractivity (Wildman–Crippen MR) is 102 cm³/mol. The molecular formula is C20H23FN4O2. The monoisotopic (exact) mass is 370 g/mol. The number of nitrogens with zero attached hydrogens (tertiary/aromatic N) is 3. The van der Waals surface area contributed by atoms with Gasteiger partial charge in [0.15, 0.2) is 0 Å². The van der Waals surface area contributed by atoms with Gasteiger partial charge in [0.1, 0.15) is 11.6 Å². The lowest BCUT2D eigenvalue weighted by Crippen LogP contribution is -2.28. The first-order valence-corrected chi connectivity index (χ1v) is 8.96. The fraction of sp³-hybridized carbons (Fsp3) is 0.350. The summed E-state index contributed by atoms with van der Waals surface area (Å²) >= 11 is 0. The van der Waals surface area contributed by atoms with Gasteiger partial charge in [0.25, 0.3) is 0 Å². The zero-order valence-corrected chi connectivity index (χ0v) is 15.2. The van der Waals surface area contributed by atoms with E-state index in [4.69, 9.17) is 5.11 Å². The fourth-order valence-corrected chi connectivity index (χ4v) is 3.11. The van der Waals surface area contributed by atoms with Crippen molar-refractivity contribution >= 4 is 17.9 Å². The summed E-state index contributed by atoms with van der Waals surface area (Å²) in [6, 6.07) is 7.03. The summed E-state index contributed by atoms with van der Waals surface area (Å²) in [5, 5.41) is 12.3. The van der Waals surface area contributed by atoms with Crippen molar-refractivity contribution in [2.75, 3.05) is 25.0 Å². The Bertz CT molecular complexity index is 823. The van der Waals surface area contributed by atoms with Gasteiger partial charge in [-0.25, -0.2) is 14.2 Å². The number of aromatic nitrogens is 2. The average Bonchev–Trinajstić information content (AvgIpc) is 3.09. The molecule has 1 atom stereocenters. The van der Waals surface area contributed by atoms with Crippen LogP contribution in [0.25, 0.3) is 6.08 Å². The second-order valence-corrected chi connectivity index (χ2v) is 6.77. The first-order valence-electron chi connectivity index (χ1n) is 8.96. The van der Waals surface area contributed by atoms with Crippen LogP contribution < -0.4 is 5.32 Å². The summed E-state index contributed by atoms with van der Waals surface area (Å²) in [6.45, 7) is 4.30. The van der Waals surface area contributed by atoms with E-state index < -0.39 is 5.97 Å². The van der Waals surface area contributed by atoms with E-state index >= 15 is 0 Å². The van der Waals surface area contributed by atoms with E-state index in [0.717, 1.165) is 38.0 Å². The van der Waals surface area contributed by atoms with E-state index in [2.05, 4.69) is 20.2 Å². The molecule has 27 heavy (non-hydrogen) atoms. The number of carbonyl (C=O) groups is 1. The maximum absolute atomic E-state index is 13.2. The first kappa shape index (κ1) is 19.0. The second kappa shape index (κ2) is 8.73. The van der Waals surface area contributed by atoms with Gasteiger partial charge < -0.3 is 15.3 Å². The van der Waals surface area contributed by atoms with E-state index in [1.165, 1.54) is 19.1 Å². The average molecular weight is 370 g/mol. The van der Waals surface area contributed by atoms with Crippen molar-refractivity contribution in [2.24, 2.45) is 0 Å². The molecule has 0 bridgehead atoms. The number of anilines is 1. The maximum Gasteiger partial charge on any atom is 0.331 e. The molecule has 1 aromatic carbocycles. The second-order valence-electron chi connectivity index (χ2n) is 6.77. The lowest BCUT2D eigenvalue weighted by atomic mass is 10.1. The molecule has 0 aliphatic carbocycles. The third-order valence-electron chi connectivity index (χ3n) is 4.60. The molecule has 0 radical (unpaired) electrons. The summed E-state index contributed by atoms with van der Waals surface area (Å²) in [5.74, 6) is -0.482. The highest BCUT2D eigenvalue weighted by molar-refractivity contribution is 5.91. The van der Waals surface area contributed by atoms with Crippen molar-refractivity contribution in [3.05, 3.63) is 59.3 Å². The van der Waals surface area contributed by atoms with Crippen molar-refractivity contribution in [2.45, 2.75) is 25.8 Å². The molecule has 2 N–H and O–H groups in total. The fourth-order valence-electron chi connectivity index (χ4n) is 3.11. The number of benzene rings is 1. The SMILES string of the molecule is CC(=Cc1cnc(N[C@@H]2CCN(CCc3cccc(F)c3)C2)cn1)C(=O)O. The van der Waals surface area contributed by atoms with Crippen LogP contribution in [0.5, 0.6) is 0 Å². The number of carboxylic acids is 1. The molecule has 0 spiro atoms. The van der Waals surface area contributed by atoms with Crippen LogP contribution in [0.15, 0.2) is 42.2 Å². The lowest BCUT2D eigenvalue weighted by molar-refractivity contribution is -0.132. The van der Waals surface area contributed by atoms with Gasteiger partial charge in [0.05, 0.1) is 18.1 Å². The summed E-state index contributed by atoms with van der Waals surface area (Å²) in [4.78, 5) is 21.7. The smallest absolute Gasteiger partial charge is 0.331 e. The molecule has 7 heteroatoms. The number of rotatable bonds is 7. The van der Waals surface area contributed by atoms with Crippen LogP contribution in [0.1, 0.15) is 24.6 Å². The minimum absolute atomic E-state index is 0.191. The zero-order chi connectivity index (χ0) is 19.2. The Labute approximate surface area is 157 Å². The summed E-state index contributed by atoms with van der Waals surface area (Å²) in [7, 11) is 0. The van der Waals surface area contributed by atoms with Crippen molar-refractivity contribution in [3.63, 3.8) is 0 Å². The van der Waals surface area contributed by atoms with Crippen LogP contribution in [0.3, 0.4) is 0 Å². The van der Waals surface area contributed by atoms with Crippen LogP contribution in [0.2, 0.25) is 0 Å². The maximum atomic E-state index is 13.2. The topological polar surface area (TPSA) is 78.4 Å². The summed E-state index contributed by atoms with van der Waals surface area (Å²) in [6.07, 6.45) is 6.50. The van der Waals surface area contributed by atoms with Gasteiger partial charge in [0.2, 0.25) is 0 Å². The number of nitrogens with one attached hydrogen (secondary N) is 1. The van der Waals surface area contributed by atoms with Gasteiger partial charge in [-0.3, -0.25) is 4.98 Å². The minimum atomic E-state index is -0.969. The van der Waals surface area contributed by atoms with Gasteiger partial charge in [-0.2, -0.15) is 0 Å². The van der Waals surface area contributed by atoms with Gasteiger partial charge in [-0.1, -0.05) is 12.1 Å². The van der Waals surface area contributed by atoms with Crippen LogP contribution in [0, 0.1) is 5.82 Å². The Morgan fingerprint density at radius 2 is 2.26 bits per heavy atom. The first-order chi connectivity index (χ1) is 13.0. The molecule has 2 heterocycles. The van der Waals surface area contributed by atoms with Crippen molar-refractivity contribution in [1.29, 1.82) is 0 Å². The largest absolute Gasteiger partial charge is 0.478 e. The van der Waals surface area contributed by atoms with Crippen LogP contribution in [0.4, 0.5) is 10.2 Å². The summed E-state index contributed by atoms with van der Waals surface area (Å²) < 4.78 is 13.2. The molecule has 1 fully saturated rings. The van der Waals surface area contributed by atoms with Gasteiger partial charge in [0, 0.05) is 31.2 Å². The normalized spacial score (nSPS) is 17.9. The van der Waals surface area contributed by atoms with E-state index in [-0.39, 0.29) is 17.4 Å². The van der Waals surface area contributed by atoms with Crippen LogP contribution in [-0.4, -0.2) is 51.6 Å². The quantitative estimate of drug-likeness (QED) is 0.730. The van der Waals surface area contributed by atoms with Gasteiger partial charge in [-0.15, -0.1) is 0 Å². The highest BCUT2D eigenvalue weighted by atomic mass is 19.1. The van der Waals surface area contributed by atoms with Gasteiger partial charge in [-0.05, 0) is 43.5 Å². The Kier molecular flexibility index (Phi) is 6.13. The molecular weight excluding hydrogens is 347 g/mol. The molecule has 1 saturated heterocycles. The van der Waals surface area contributed by atoms with Crippen molar-refractivity contribution in [3.8, 4) is 0 Å². The standard InChI is InChI=1S/C20H23FN4O2/c1-14(20(26)27)9-18-11-23-19(12-22-18)24-17-6-8-25(13-17)7-5-15-3-2-4-16(21)10-15/h2-4,9-12,17H,5-8,13H2,1H3,(H,23,24)(H,26,27)/t17-/m1/s1.